The Morgan fingerprint density at radius 3 is 2.22 bits per heavy atom. The maximum absolute atomic E-state index is 12.7. The molecule has 0 spiro atoms. The Bertz CT molecular complexity index is 794. The normalized spacial score (nSPS) is 16.7. The van der Waals surface area contributed by atoms with Gasteiger partial charge in [0.1, 0.15) is 0 Å². The Hall–Kier alpha value is -1.98. The summed E-state index contributed by atoms with van der Waals surface area (Å²) in [4.78, 5) is 27.4. The molecule has 1 unspecified atom stereocenters. The molecule has 0 aliphatic carbocycles. The number of hydrogen-bond acceptors (Lipinski definition) is 3. The fraction of sp³-hybridized carbons (Fsp3) is 0.364. The highest BCUT2D eigenvalue weighted by Gasteiger charge is 2.30. The van der Waals surface area contributed by atoms with E-state index in [1.54, 1.807) is 0 Å². The standard InChI is InChI=1S/C22H25BrN2O2/c1-15-3-5-17(6-4-15)21(26)18-11-13-25(14-12-18)16(2)22(27)24-20-9-7-19(23)8-10-20/h3-10,16,18H,11-14H2,1-2H3,(H,24,27). The van der Waals surface area contributed by atoms with Crippen LogP contribution in [0.25, 0.3) is 0 Å². The van der Waals surface area contributed by atoms with Crippen molar-refractivity contribution in [3.8, 4) is 0 Å². The van der Waals surface area contributed by atoms with E-state index < -0.39 is 0 Å². The number of anilines is 1. The van der Waals surface area contributed by atoms with Gasteiger partial charge in [-0.05, 0) is 64.0 Å². The summed E-state index contributed by atoms with van der Waals surface area (Å²) < 4.78 is 0.980. The Labute approximate surface area is 169 Å². The molecule has 5 heteroatoms. The van der Waals surface area contributed by atoms with E-state index in [0.717, 1.165) is 47.2 Å². The molecule has 1 N–H and O–H groups in total. The van der Waals surface area contributed by atoms with Gasteiger partial charge in [0.2, 0.25) is 5.91 Å². The summed E-state index contributed by atoms with van der Waals surface area (Å²) in [5, 5.41) is 2.96. The van der Waals surface area contributed by atoms with Crippen molar-refractivity contribution < 1.29 is 9.59 Å². The van der Waals surface area contributed by atoms with Crippen molar-refractivity contribution in [1.82, 2.24) is 4.90 Å². The lowest BCUT2D eigenvalue weighted by Crippen LogP contribution is -2.47. The summed E-state index contributed by atoms with van der Waals surface area (Å²) in [6.07, 6.45) is 1.59. The van der Waals surface area contributed by atoms with E-state index in [1.165, 1.54) is 0 Å². The maximum atomic E-state index is 12.7. The van der Waals surface area contributed by atoms with Crippen molar-refractivity contribution in [2.24, 2.45) is 5.92 Å². The monoisotopic (exact) mass is 428 g/mol. The summed E-state index contributed by atoms with van der Waals surface area (Å²) in [5.41, 5.74) is 2.74. The van der Waals surface area contributed by atoms with Crippen LogP contribution in [0.4, 0.5) is 5.69 Å². The van der Waals surface area contributed by atoms with E-state index in [9.17, 15) is 9.59 Å². The van der Waals surface area contributed by atoms with Gasteiger partial charge in [0.05, 0.1) is 6.04 Å². The summed E-state index contributed by atoms with van der Waals surface area (Å²) in [6, 6.07) is 15.1. The summed E-state index contributed by atoms with van der Waals surface area (Å²) >= 11 is 3.39. The van der Waals surface area contributed by atoms with E-state index >= 15 is 0 Å². The first-order valence-electron chi connectivity index (χ1n) is 9.35. The highest BCUT2D eigenvalue weighted by atomic mass is 79.9. The van der Waals surface area contributed by atoms with Gasteiger partial charge >= 0.3 is 0 Å². The summed E-state index contributed by atoms with van der Waals surface area (Å²) in [6.45, 7) is 5.47. The second-order valence-electron chi connectivity index (χ2n) is 7.21. The van der Waals surface area contributed by atoms with Crippen LogP contribution in [-0.2, 0) is 4.79 Å². The number of nitrogens with one attached hydrogen (secondary N) is 1. The highest BCUT2D eigenvalue weighted by molar-refractivity contribution is 9.10. The van der Waals surface area contributed by atoms with E-state index in [0.29, 0.717) is 0 Å². The molecule has 0 aromatic heterocycles. The van der Waals surface area contributed by atoms with Crippen molar-refractivity contribution in [1.29, 1.82) is 0 Å². The number of carbonyl (C=O) groups is 2. The minimum Gasteiger partial charge on any atom is -0.325 e. The lowest BCUT2D eigenvalue weighted by molar-refractivity contribution is -0.121. The molecule has 1 aliphatic heterocycles. The van der Waals surface area contributed by atoms with Crippen LogP contribution in [0.2, 0.25) is 0 Å². The van der Waals surface area contributed by atoms with Gasteiger partial charge in [-0.25, -0.2) is 0 Å². The van der Waals surface area contributed by atoms with Crippen molar-refractivity contribution >= 4 is 33.3 Å². The molecule has 0 bridgehead atoms. The number of benzene rings is 2. The van der Waals surface area contributed by atoms with Crippen molar-refractivity contribution in [3.05, 3.63) is 64.1 Å². The van der Waals surface area contributed by atoms with Crippen LogP contribution in [0.3, 0.4) is 0 Å². The molecule has 3 rings (SSSR count). The Balaban J connectivity index is 1.53. The van der Waals surface area contributed by atoms with E-state index in [4.69, 9.17) is 0 Å². The molecule has 1 saturated heterocycles. The van der Waals surface area contributed by atoms with Gasteiger partial charge in [-0.2, -0.15) is 0 Å². The maximum Gasteiger partial charge on any atom is 0.241 e. The number of halogens is 1. The fourth-order valence-corrected chi connectivity index (χ4v) is 3.71. The minimum atomic E-state index is -0.218. The molecule has 1 heterocycles. The quantitative estimate of drug-likeness (QED) is 0.703. The van der Waals surface area contributed by atoms with Gasteiger partial charge < -0.3 is 5.32 Å². The molecule has 2 aromatic rings. The first kappa shape index (κ1) is 19.8. The number of nitrogens with zero attached hydrogens (tertiary/aromatic N) is 1. The zero-order chi connectivity index (χ0) is 19.4. The van der Waals surface area contributed by atoms with Crippen LogP contribution in [0, 0.1) is 12.8 Å². The zero-order valence-electron chi connectivity index (χ0n) is 15.7. The van der Waals surface area contributed by atoms with Crippen LogP contribution >= 0.6 is 15.9 Å². The van der Waals surface area contributed by atoms with Crippen LogP contribution in [0.15, 0.2) is 53.0 Å². The third kappa shape index (κ3) is 5.05. The molecule has 0 saturated carbocycles. The second-order valence-corrected chi connectivity index (χ2v) is 8.13. The Kier molecular flexibility index (Phi) is 6.45. The SMILES string of the molecule is Cc1ccc(C(=O)C2CCN(C(C)C(=O)Nc3ccc(Br)cc3)CC2)cc1. The molecular formula is C22H25BrN2O2. The first-order valence-corrected chi connectivity index (χ1v) is 10.1. The predicted molar refractivity (Wildman–Crippen MR) is 112 cm³/mol. The number of carbonyl (C=O) groups excluding carboxylic acids is 2. The number of Topliss-reactive ketones (excluding diaryl/α,β-unsaturated/α-hetero) is 1. The molecule has 0 radical (unpaired) electrons. The zero-order valence-corrected chi connectivity index (χ0v) is 17.3. The molecule has 27 heavy (non-hydrogen) atoms. The van der Waals surface area contributed by atoms with Crippen molar-refractivity contribution in [2.45, 2.75) is 32.7 Å². The summed E-state index contributed by atoms with van der Waals surface area (Å²) in [7, 11) is 0. The number of piperidine rings is 1. The van der Waals surface area contributed by atoms with Crippen molar-refractivity contribution in [2.75, 3.05) is 18.4 Å². The van der Waals surface area contributed by atoms with Gasteiger partial charge in [0.25, 0.3) is 0 Å². The third-order valence-corrected chi connectivity index (χ3v) is 5.80. The molecule has 1 atom stereocenters. The lowest BCUT2D eigenvalue weighted by Gasteiger charge is -2.34. The average molecular weight is 429 g/mol. The average Bonchev–Trinajstić information content (AvgIpc) is 2.69. The molecular weight excluding hydrogens is 404 g/mol. The Morgan fingerprint density at radius 1 is 1.04 bits per heavy atom. The molecule has 4 nitrogen and oxygen atoms in total. The lowest BCUT2D eigenvalue weighted by atomic mass is 9.88. The number of rotatable bonds is 5. The fourth-order valence-electron chi connectivity index (χ4n) is 3.45. The topological polar surface area (TPSA) is 49.4 Å². The van der Waals surface area contributed by atoms with Gasteiger partial charge in [0, 0.05) is 21.6 Å². The smallest absolute Gasteiger partial charge is 0.241 e. The van der Waals surface area contributed by atoms with Gasteiger partial charge in [-0.1, -0.05) is 45.8 Å². The molecule has 142 valence electrons. The molecule has 1 amide bonds. The minimum absolute atomic E-state index is 0.0133. The largest absolute Gasteiger partial charge is 0.325 e. The third-order valence-electron chi connectivity index (χ3n) is 5.28. The van der Waals surface area contributed by atoms with Crippen LogP contribution < -0.4 is 5.32 Å². The van der Waals surface area contributed by atoms with Crippen LogP contribution in [0.1, 0.15) is 35.7 Å². The van der Waals surface area contributed by atoms with Crippen LogP contribution in [0.5, 0.6) is 0 Å². The van der Waals surface area contributed by atoms with Crippen molar-refractivity contribution in [3.63, 3.8) is 0 Å². The van der Waals surface area contributed by atoms with E-state index in [-0.39, 0.29) is 23.7 Å². The highest BCUT2D eigenvalue weighted by Crippen LogP contribution is 2.24. The molecule has 1 fully saturated rings. The van der Waals surface area contributed by atoms with E-state index in [1.807, 2.05) is 62.4 Å². The number of amides is 1. The number of aryl methyl sites for hydroxylation is 1. The Morgan fingerprint density at radius 2 is 1.63 bits per heavy atom. The number of likely N-dealkylation sites (tertiary alicyclic amines) is 1. The number of hydrogen-bond donors (Lipinski definition) is 1. The van der Waals surface area contributed by atoms with Crippen LogP contribution in [-0.4, -0.2) is 35.7 Å². The predicted octanol–water partition coefficient (Wildman–Crippen LogP) is 4.68. The summed E-state index contributed by atoms with van der Waals surface area (Å²) in [5.74, 6) is 0.257. The number of ketones is 1. The van der Waals surface area contributed by atoms with E-state index in [2.05, 4.69) is 26.1 Å². The van der Waals surface area contributed by atoms with Gasteiger partial charge in [0.15, 0.2) is 5.78 Å². The first-order chi connectivity index (χ1) is 12.9. The molecule has 1 aliphatic rings. The van der Waals surface area contributed by atoms with Gasteiger partial charge in [-0.3, -0.25) is 14.5 Å². The van der Waals surface area contributed by atoms with Gasteiger partial charge in [-0.15, -0.1) is 0 Å². The second kappa shape index (κ2) is 8.81. The molecule has 2 aromatic carbocycles.